The Bertz CT molecular complexity index is 343. The van der Waals surface area contributed by atoms with Crippen molar-refractivity contribution >= 4 is 12.1 Å². The first-order chi connectivity index (χ1) is 7.77. The predicted molar refractivity (Wildman–Crippen MR) is 67.1 cm³/mol. The van der Waals surface area contributed by atoms with Crippen LogP contribution in [-0.4, -0.2) is 19.5 Å². The summed E-state index contributed by atoms with van der Waals surface area (Å²) in [6.07, 6.45) is 7.29. The molecule has 86 valence electrons. The van der Waals surface area contributed by atoms with Gasteiger partial charge < -0.3 is 0 Å². The highest BCUT2D eigenvalue weighted by Crippen LogP contribution is 2.31. The van der Waals surface area contributed by atoms with Crippen LogP contribution in [0.2, 0.25) is 0 Å². The number of rotatable bonds is 3. The average Bonchev–Trinajstić information content (AvgIpc) is 2.40. The number of amides is 1. The smallest absolute Gasteiger partial charge is 0.233 e. The number of quaternary nitrogens is 1. The lowest BCUT2D eigenvalue weighted by Crippen LogP contribution is -2.53. The lowest BCUT2D eigenvalue weighted by molar-refractivity contribution is -0.118. The highest BCUT2D eigenvalue weighted by atomic mass is 16.1. The molecule has 1 fully saturated rings. The average molecular weight is 218 g/mol. The van der Waals surface area contributed by atoms with Crippen molar-refractivity contribution in [1.82, 2.24) is 4.48 Å². The van der Waals surface area contributed by atoms with Crippen molar-refractivity contribution in [2.24, 2.45) is 0 Å². The van der Waals surface area contributed by atoms with Crippen LogP contribution in [0.3, 0.4) is 0 Å². The number of benzene rings is 1. The van der Waals surface area contributed by atoms with Gasteiger partial charge in [0, 0.05) is 12.8 Å². The summed E-state index contributed by atoms with van der Waals surface area (Å²) < 4.78 is 0.445. The van der Waals surface area contributed by atoms with Crippen LogP contribution in [0.5, 0.6) is 0 Å². The lowest BCUT2D eigenvalue weighted by Gasteiger charge is -2.37. The summed E-state index contributed by atoms with van der Waals surface area (Å²) >= 11 is 0. The molecule has 1 saturated carbocycles. The van der Waals surface area contributed by atoms with Gasteiger partial charge >= 0.3 is 6.41 Å². The van der Waals surface area contributed by atoms with Gasteiger partial charge in [0.15, 0.2) is 0 Å². The van der Waals surface area contributed by atoms with Crippen LogP contribution in [-0.2, 0) is 4.79 Å². The number of carbonyl (C=O) groups is 1. The van der Waals surface area contributed by atoms with Gasteiger partial charge in [-0.1, -0.05) is 24.6 Å². The summed E-state index contributed by atoms with van der Waals surface area (Å²) in [5, 5.41) is 0. The highest BCUT2D eigenvalue weighted by molar-refractivity contribution is 5.69. The molecule has 0 heterocycles. The molecule has 0 spiro atoms. The zero-order valence-corrected chi connectivity index (χ0v) is 9.93. The molecule has 1 aromatic carbocycles. The molecule has 2 nitrogen and oxygen atoms in total. The minimum absolute atomic E-state index is 0.445. The quantitative estimate of drug-likeness (QED) is 0.563. The van der Waals surface area contributed by atoms with Gasteiger partial charge in [-0.25, -0.2) is 9.28 Å². The first-order valence-electron chi connectivity index (χ1n) is 6.15. The van der Waals surface area contributed by atoms with Crippen LogP contribution in [0.15, 0.2) is 30.3 Å². The number of hydrogen-bond donors (Lipinski definition) is 0. The Morgan fingerprint density at radius 1 is 1.12 bits per heavy atom. The van der Waals surface area contributed by atoms with Crippen molar-refractivity contribution in [2.45, 2.75) is 38.1 Å². The van der Waals surface area contributed by atoms with Crippen LogP contribution in [0, 0.1) is 0 Å². The van der Waals surface area contributed by atoms with Crippen molar-refractivity contribution in [2.75, 3.05) is 7.05 Å². The number of para-hydroxylation sites is 1. The van der Waals surface area contributed by atoms with Crippen LogP contribution < -0.4 is 4.48 Å². The van der Waals surface area contributed by atoms with Gasteiger partial charge in [-0.3, -0.25) is 0 Å². The summed E-state index contributed by atoms with van der Waals surface area (Å²) in [7, 11) is 2.04. The predicted octanol–water partition coefficient (Wildman–Crippen LogP) is 3.11. The third-order valence-corrected chi connectivity index (χ3v) is 3.86. The van der Waals surface area contributed by atoms with Gasteiger partial charge in [-0.05, 0) is 25.0 Å². The standard InChI is InChI=1S/C14H20NO/c1-15(12-16,13-8-4-2-5-9-13)14-10-6-3-7-11-14/h2,4-5,8-9,12,14H,3,6-7,10-11H2,1H3/q+1. The Kier molecular flexibility index (Phi) is 3.39. The molecule has 0 aromatic heterocycles. The van der Waals surface area contributed by atoms with Gasteiger partial charge in [-0.2, -0.15) is 0 Å². The molecule has 0 bridgehead atoms. The van der Waals surface area contributed by atoms with E-state index in [1.165, 1.54) is 32.1 Å². The molecule has 1 unspecified atom stereocenters. The molecule has 0 saturated heterocycles. The molecule has 0 radical (unpaired) electrons. The molecule has 1 aromatic rings. The molecule has 0 aliphatic heterocycles. The Morgan fingerprint density at radius 3 is 2.31 bits per heavy atom. The zero-order chi connectivity index (χ0) is 11.4. The first-order valence-corrected chi connectivity index (χ1v) is 6.15. The van der Waals surface area contributed by atoms with Crippen LogP contribution in [0.25, 0.3) is 0 Å². The van der Waals surface area contributed by atoms with Gasteiger partial charge in [0.1, 0.15) is 11.7 Å². The van der Waals surface area contributed by atoms with Crippen molar-refractivity contribution in [3.63, 3.8) is 0 Å². The fraction of sp³-hybridized carbons (Fsp3) is 0.500. The molecule has 1 aliphatic carbocycles. The Balaban J connectivity index is 2.27. The topological polar surface area (TPSA) is 17.1 Å². The van der Waals surface area contributed by atoms with Crippen LogP contribution >= 0.6 is 0 Å². The molecule has 0 N–H and O–H groups in total. The van der Waals surface area contributed by atoms with Gasteiger partial charge in [-0.15, -0.1) is 0 Å². The lowest BCUT2D eigenvalue weighted by atomic mass is 9.92. The van der Waals surface area contributed by atoms with E-state index in [-0.39, 0.29) is 0 Å². The van der Waals surface area contributed by atoms with Crippen molar-refractivity contribution in [3.8, 4) is 0 Å². The summed E-state index contributed by atoms with van der Waals surface area (Å²) in [5.74, 6) is 0. The highest BCUT2D eigenvalue weighted by Gasteiger charge is 2.35. The normalized spacial score (nSPS) is 21.3. The fourth-order valence-corrected chi connectivity index (χ4v) is 2.72. The second-order valence-corrected chi connectivity index (χ2v) is 4.88. The monoisotopic (exact) mass is 218 g/mol. The maximum Gasteiger partial charge on any atom is 0.306 e. The third-order valence-electron chi connectivity index (χ3n) is 3.86. The molecular formula is C14H20NO+. The number of carbonyl (C=O) groups excluding carboxylic acids is 1. The van der Waals surface area contributed by atoms with E-state index in [1.807, 2.05) is 25.2 Å². The molecule has 2 heteroatoms. The molecule has 1 amide bonds. The van der Waals surface area contributed by atoms with E-state index in [0.29, 0.717) is 10.5 Å². The number of hydrogen-bond acceptors (Lipinski definition) is 1. The molecule has 2 rings (SSSR count). The largest absolute Gasteiger partial charge is 0.306 e. The molecule has 16 heavy (non-hydrogen) atoms. The maximum atomic E-state index is 11.5. The van der Waals surface area contributed by atoms with E-state index in [9.17, 15) is 4.79 Å². The molecular weight excluding hydrogens is 198 g/mol. The van der Waals surface area contributed by atoms with E-state index < -0.39 is 0 Å². The first kappa shape index (κ1) is 11.3. The zero-order valence-electron chi connectivity index (χ0n) is 9.93. The Labute approximate surface area is 97.5 Å². The molecule has 1 aliphatic rings. The fourth-order valence-electron chi connectivity index (χ4n) is 2.72. The van der Waals surface area contributed by atoms with E-state index >= 15 is 0 Å². The van der Waals surface area contributed by atoms with Gasteiger partial charge in [0.25, 0.3) is 0 Å². The van der Waals surface area contributed by atoms with E-state index in [0.717, 1.165) is 12.1 Å². The van der Waals surface area contributed by atoms with Crippen LogP contribution in [0.1, 0.15) is 32.1 Å². The SMILES string of the molecule is C[N+](C=O)(c1ccccc1)C1CCCCC1. The number of nitrogens with zero attached hydrogens (tertiary/aromatic N) is 1. The Hall–Kier alpha value is -1.15. The van der Waals surface area contributed by atoms with Crippen molar-refractivity contribution in [1.29, 1.82) is 0 Å². The third kappa shape index (κ3) is 2.03. The summed E-state index contributed by atoms with van der Waals surface area (Å²) in [6, 6.07) is 10.6. The molecule has 1 atom stereocenters. The second kappa shape index (κ2) is 4.79. The minimum atomic E-state index is 0.445. The summed E-state index contributed by atoms with van der Waals surface area (Å²) in [6.45, 7) is 0. The van der Waals surface area contributed by atoms with E-state index in [2.05, 4.69) is 12.1 Å². The van der Waals surface area contributed by atoms with Crippen molar-refractivity contribution < 1.29 is 4.79 Å². The second-order valence-electron chi connectivity index (χ2n) is 4.88. The van der Waals surface area contributed by atoms with Crippen molar-refractivity contribution in [3.05, 3.63) is 30.3 Å². The van der Waals surface area contributed by atoms with E-state index in [4.69, 9.17) is 0 Å². The van der Waals surface area contributed by atoms with Gasteiger partial charge in [0.2, 0.25) is 0 Å². The van der Waals surface area contributed by atoms with E-state index in [1.54, 1.807) is 0 Å². The minimum Gasteiger partial charge on any atom is -0.233 e. The summed E-state index contributed by atoms with van der Waals surface area (Å²) in [5.41, 5.74) is 1.12. The van der Waals surface area contributed by atoms with Gasteiger partial charge in [0.05, 0.1) is 7.05 Å². The summed E-state index contributed by atoms with van der Waals surface area (Å²) in [4.78, 5) is 11.5. The maximum absolute atomic E-state index is 11.5. The Morgan fingerprint density at radius 2 is 1.75 bits per heavy atom. The van der Waals surface area contributed by atoms with Crippen LogP contribution in [0.4, 0.5) is 5.69 Å².